The predicted octanol–water partition coefficient (Wildman–Crippen LogP) is 2.65. The number of aryl methyl sites for hydroxylation is 2. The molecule has 0 spiro atoms. The molecule has 0 aliphatic heterocycles. The highest BCUT2D eigenvalue weighted by Crippen LogP contribution is 2.40. The lowest BCUT2D eigenvalue weighted by atomic mass is 9.84. The Morgan fingerprint density at radius 1 is 1.13 bits per heavy atom. The fourth-order valence-corrected chi connectivity index (χ4v) is 2.30. The first-order chi connectivity index (χ1) is 7.31. The standard InChI is InChI=1S/C13H12O2/c1-15-12-7-6-11(14)13-9-4-2-8(9)3-5-10(12)13/h3,5-7,14H,2,4H2,1H3. The zero-order chi connectivity index (χ0) is 10.4. The average Bonchev–Trinajstić information content (AvgIpc) is 2.20. The Balaban J connectivity index is 2.45. The third-order valence-corrected chi connectivity index (χ3v) is 3.19. The van der Waals surface area contributed by atoms with Gasteiger partial charge in [-0.1, -0.05) is 12.1 Å². The lowest BCUT2D eigenvalue weighted by molar-refractivity contribution is 0.418. The molecule has 0 bridgehead atoms. The third kappa shape index (κ3) is 1.05. The van der Waals surface area contributed by atoms with Crippen LogP contribution in [0.4, 0.5) is 0 Å². The minimum atomic E-state index is 0.363. The molecule has 0 unspecified atom stereocenters. The van der Waals surface area contributed by atoms with E-state index in [1.807, 2.05) is 12.1 Å². The second-order valence-electron chi connectivity index (χ2n) is 3.91. The summed E-state index contributed by atoms with van der Waals surface area (Å²) < 4.78 is 5.29. The molecule has 1 aliphatic carbocycles. The normalized spacial score (nSPS) is 13.4. The minimum absolute atomic E-state index is 0.363. The lowest BCUT2D eigenvalue weighted by Gasteiger charge is -2.22. The Morgan fingerprint density at radius 3 is 2.67 bits per heavy atom. The van der Waals surface area contributed by atoms with E-state index in [0.717, 1.165) is 29.4 Å². The van der Waals surface area contributed by atoms with E-state index in [1.165, 1.54) is 11.1 Å². The smallest absolute Gasteiger partial charge is 0.126 e. The summed E-state index contributed by atoms with van der Waals surface area (Å²) in [5, 5.41) is 11.9. The van der Waals surface area contributed by atoms with Crippen LogP contribution in [0.15, 0.2) is 24.3 Å². The molecule has 3 rings (SSSR count). The number of phenols is 1. The topological polar surface area (TPSA) is 29.5 Å². The molecule has 1 aliphatic rings. The first-order valence-corrected chi connectivity index (χ1v) is 5.11. The summed E-state index contributed by atoms with van der Waals surface area (Å²) >= 11 is 0. The summed E-state index contributed by atoms with van der Waals surface area (Å²) in [4.78, 5) is 0. The third-order valence-electron chi connectivity index (χ3n) is 3.19. The van der Waals surface area contributed by atoms with Gasteiger partial charge in [-0.2, -0.15) is 0 Å². The highest BCUT2D eigenvalue weighted by atomic mass is 16.5. The Labute approximate surface area is 88.1 Å². The van der Waals surface area contributed by atoms with Crippen LogP contribution in [-0.4, -0.2) is 12.2 Å². The molecule has 0 saturated heterocycles. The van der Waals surface area contributed by atoms with E-state index >= 15 is 0 Å². The van der Waals surface area contributed by atoms with E-state index in [9.17, 15) is 5.11 Å². The second-order valence-corrected chi connectivity index (χ2v) is 3.91. The van der Waals surface area contributed by atoms with Crippen LogP contribution in [0, 0.1) is 0 Å². The highest BCUT2D eigenvalue weighted by Gasteiger charge is 2.19. The monoisotopic (exact) mass is 200 g/mol. The van der Waals surface area contributed by atoms with Gasteiger partial charge in [-0.3, -0.25) is 0 Å². The average molecular weight is 200 g/mol. The maximum Gasteiger partial charge on any atom is 0.126 e. The summed E-state index contributed by atoms with van der Waals surface area (Å²) in [6.45, 7) is 0. The molecule has 0 aromatic heterocycles. The van der Waals surface area contributed by atoms with Gasteiger partial charge < -0.3 is 9.84 Å². The Bertz CT molecular complexity index is 544. The fraction of sp³-hybridized carbons (Fsp3) is 0.231. The van der Waals surface area contributed by atoms with Gasteiger partial charge in [0.1, 0.15) is 11.5 Å². The molecular formula is C13H12O2. The largest absolute Gasteiger partial charge is 0.507 e. The molecule has 0 radical (unpaired) electrons. The Morgan fingerprint density at radius 2 is 2.00 bits per heavy atom. The molecule has 0 heterocycles. The van der Waals surface area contributed by atoms with Crippen molar-refractivity contribution in [3.63, 3.8) is 0 Å². The van der Waals surface area contributed by atoms with Crippen molar-refractivity contribution in [2.24, 2.45) is 0 Å². The van der Waals surface area contributed by atoms with Crippen molar-refractivity contribution in [1.82, 2.24) is 0 Å². The van der Waals surface area contributed by atoms with Gasteiger partial charge in [0, 0.05) is 10.8 Å². The van der Waals surface area contributed by atoms with Crippen LogP contribution in [0.3, 0.4) is 0 Å². The van der Waals surface area contributed by atoms with Crippen LogP contribution in [0.25, 0.3) is 10.8 Å². The van der Waals surface area contributed by atoms with E-state index in [2.05, 4.69) is 6.07 Å². The molecule has 76 valence electrons. The highest BCUT2D eigenvalue weighted by molar-refractivity contribution is 5.97. The van der Waals surface area contributed by atoms with Crippen LogP contribution in [0.1, 0.15) is 11.1 Å². The number of ether oxygens (including phenoxy) is 1. The molecule has 0 amide bonds. The maximum absolute atomic E-state index is 9.87. The molecular weight excluding hydrogens is 188 g/mol. The van der Waals surface area contributed by atoms with Crippen molar-refractivity contribution >= 4 is 10.8 Å². The lowest BCUT2D eigenvalue weighted by Crippen LogP contribution is -2.08. The van der Waals surface area contributed by atoms with Gasteiger partial charge >= 0.3 is 0 Å². The number of phenolic OH excluding ortho intramolecular Hbond substituents is 1. The second kappa shape index (κ2) is 2.89. The number of rotatable bonds is 1. The maximum atomic E-state index is 9.87. The summed E-state index contributed by atoms with van der Waals surface area (Å²) in [6.07, 6.45) is 2.19. The zero-order valence-electron chi connectivity index (χ0n) is 8.58. The van der Waals surface area contributed by atoms with Crippen molar-refractivity contribution in [3.05, 3.63) is 35.4 Å². The minimum Gasteiger partial charge on any atom is -0.507 e. The summed E-state index contributed by atoms with van der Waals surface area (Å²) in [5.41, 5.74) is 2.63. The number of methoxy groups -OCH3 is 1. The number of hydrogen-bond donors (Lipinski definition) is 1. The van der Waals surface area contributed by atoms with Gasteiger partial charge in [-0.05, 0) is 36.1 Å². The van der Waals surface area contributed by atoms with Crippen LogP contribution >= 0.6 is 0 Å². The zero-order valence-corrected chi connectivity index (χ0v) is 8.58. The van der Waals surface area contributed by atoms with E-state index in [-0.39, 0.29) is 0 Å². The van der Waals surface area contributed by atoms with Crippen LogP contribution in [0.2, 0.25) is 0 Å². The van der Waals surface area contributed by atoms with E-state index < -0.39 is 0 Å². The number of benzene rings is 2. The molecule has 2 heteroatoms. The summed E-state index contributed by atoms with van der Waals surface area (Å²) in [7, 11) is 1.66. The van der Waals surface area contributed by atoms with Crippen molar-refractivity contribution in [2.45, 2.75) is 12.8 Å². The fourth-order valence-electron chi connectivity index (χ4n) is 2.30. The van der Waals surface area contributed by atoms with Gasteiger partial charge in [0.25, 0.3) is 0 Å². The molecule has 2 aromatic rings. The van der Waals surface area contributed by atoms with Gasteiger partial charge in [-0.25, -0.2) is 0 Å². The molecule has 1 N–H and O–H groups in total. The molecule has 2 nitrogen and oxygen atoms in total. The Hall–Kier alpha value is -1.70. The van der Waals surface area contributed by atoms with E-state index in [4.69, 9.17) is 4.74 Å². The number of aromatic hydroxyl groups is 1. The molecule has 0 saturated carbocycles. The van der Waals surface area contributed by atoms with Gasteiger partial charge in [-0.15, -0.1) is 0 Å². The van der Waals surface area contributed by atoms with Crippen LogP contribution in [0.5, 0.6) is 11.5 Å². The van der Waals surface area contributed by atoms with Crippen molar-refractivity contribution in [2.75, 3.05) is 7.11 Å². The summed E-state index contributed by atoms with van der Waals surface area (Å²) in [5.74, 6) is 1.19. The van der Waals surface area contributed by atoms with E-state index in [0.29, 0.717) is 5.75 Å². The van der Waals surface area contributed by atoms with Gasteiger partial charge in [0.05, 0.1) is 7.11 Å². The predicted molar refractivity (Wildman–Crippen MR) is 59.6 cm³/mol. The van der Waals surface area contributed by atoms with Crippen molar-refractivity contribution in [3.8, 4) is 11.5 Å². The molecule has 15 heavy (non-hydrogen) atoms. The van der Waals surface area contributed by atoms with Crippen LogP contribution < -0.4 is 4.74 Å². The van der Waals surface area contributed by atoms with Gasteiger partial charge in [0.15, 0.2) is 0 Å². The molecule has 0 atom stereocenters. The number of hydrogen-bond acceptors (Lipinski definition) is 2. The SMILES string of the molecule is COc1ccc(O)c2c3c(ccc12)CC3. The van der Waals surface area contributed by atoms with Crippen molar-refractivity contribution in [1.29, 1.82) is 0 Å². The van der Waals surface area contributed by atoms with E-state index in [1.54, 1.807) is 13.2 Å². The summed E-state index contributed by atoms with van der Waals surface area (Å²) in [6, 6.07) is 7.68. The van der Waals surface area contributed by atoms with Crippen molar-refractivity contribution < 1.29 is 9.84 Å². The molecule has 2 aromatic carbocycles. The first-order valence-electron chi connectivity index (χ1n) is 5.11. The Kier molecular flexibility index (Phi) is 1.66. The van der Waals surface area contributed by atoms with Crippen LogP contribution in [-0.2, 0) is 12.8 Å². The quantitative estimate of drug-likeness (QED) is 0.766. The first kappa shape index (κ1) is 8.60. The molecule has 0 fully saturated rings. The van der Waals surface area contributed by atoms with Gasteiger partial charge in [0.2, 0.25) is 0 Å². The number of fused-ring (bicyclic) bond motifs is 3.